The van der Waals surface area contributed by atoms with Crippen LogP contribution in [0.1, 0.15) is 24.8 Å². The first-order valence-electron chi connectivity index (χ1n) is 9.89. The van der Waals surface area contributed by atoms with E-state index in [1.165, 1.54) is 6.92 Å². The molecule has 5 N–H and O–H groups in total. The van der Waals surface area contributed by atoms with Crippen LogP contribution in [0.5, 0.6) is 0 Å². The van der Waals surface area contributed by atoms with Crippen LogP contribution in [0.3, 0.4) is 0 Å². The molecule has 1 aromatic heterocycles. The van der Waals surface area contributed by atoms with E-state index in [-0.39, 0.29) is 29.9 Å². The summed E-state index contributed by atoms with van der Waals surface area (Å²) in [6, 6.07) is 6.66. The summed E-state index contributed by atoms with van der Waals surface area (Å²) in [6.45, 7) is 3.75. The molecule has 1 atom stereocenters. The van der Waals surface area contributed by atoms with Gasteiger partial charge in [0.15, 0.2) is 0 Å². The number of nitrogens with zero attached hydrogens (tertiary/aromatic N) is 3. The van der Waals surface area contributed by atoms with Crippen molar-refractivity contribution in [1.82, 2.24) is 9.97 Å². The number of fused-ring (bicyclic) bond motifs is 1. The fourth-order valence-corrected chi connectivity index (χ4v) is 3.58. The zero-order valence-corrected chi connectivity index (χ0v) is 17.0. The Morgan fingerprint density at radius 2 is 1.77 bits per heavy atom. The Balaban J connectivity index is 1.56. The van der Waals surface area contributed by atoms with Crippen molar-refractivity contribution < 1.29 is 19.1 Å². The number of anilines is 5. The van der Waals surface area contributed by atoms with Crippen LogP contribution in [-0.4, -0.2) is 54.0 Å². The van der Waals surface area contributed by atoms with Crippen LogP contribution in [-0.2, 0) is 19.1 Å². The first-order chi connectivity index (χ1) is 14.9. The Morgan fingerprint density at radius 3 is 2.42 bits per heavy atom. The number of hydrogen-bond donors (Lipinski definition) is 4. The summed E-state index contributed by atoms with van der Waals surface area (Å²) in [6.07, 6.45) is -0.0622. The van der Waals surface area contributed by atoms with Gasteiger partial charge in [0.2, 0.25) is 23.7 Å². The predicted molar refractivity (Wildman–Crippen MR) is 115 cm³/mol. The molecule has 1 saturated heterocycles. The van der Waals surface area contributed by atoms with Gasteiger partial charge in [0.25, 0.3) is 0 Å². The van der Waals surface area contributed by atoms with E-state index in [0.29, 0.717) is 49.2 Å². The molecule has 11 heteroatoms. The molecule has 2 aliphatic heterocycles. The number of nitrogen functional groups attached to an aromatic ring is 1. The van der Waals surface area contributed by atoms with Gasteiger partial charge >= 0.3 is 0 Å². The number of carbonyl (C=O) groups is 3. The summed E-state index contributed by atoms with van der Waals surface area (Å²) in [7, 11) is 0. The zero-order valence-electron chi connectivity index (χ0n) is 17.0. The van der Waals surface area contributed by atoms with Crippen LogP contribution < -0.4 is 26.6 Å². The zero-order chi connectivity index (χ0) is 22.0. The van der Waals surface area contributed by atoms with Gasteiger partial charge < -0.3 is 31.3 Å². The van der Waals surface area contributed by atoms with Crippen molar-refractivity contribution in [2.75, 3.05) is 52.9 Å². The largest absolute Gasteiger partial charge is 0.383 e. The van der Waals surface area contributed by atoms with E-state index in [1.54, 1.807) is 24.3 Å². The molecule has 0 saturated carbocycles. The van der Waals surface area contributed by atoms with Gasteiger partial charge in [-0.15, -0.1) is 0 Å². The van der Waals surface area contributed by atoms with E-state index >= 15 is 0 Å². The van der Waals surface area contributed by atoms with E-state index in [2.05, 4.69) is 25.9 Å². The SMILES string of the molecule is CC(=O)Nc1ccc(NC(=O)C2CC(=O)Nc3nc(N4CCOCC4)nc(N)c32)cc1. The van der Waals surface area contributed by atoms with E-state index < -0.39 is 11.8 Å². The number of morpholine rings is 1. The van der Waals surface area contributed by atoms with Crippen LogP contribution in [0.25, 0.3) is 0 Å². The third-order valence-corrected chi connectivity index (χ3v) is 5.04. The topological polar surface area (TPSA) is 152 Å². The fourth-order valence-electron chi connectivity index (χ4n) is 3.58. The van der Waals surface area contributed by atoms with E-state index in [4.69, 9.17) is 10.5 Å². The first-order valence-corrected chi connectivity index (χ1v) is 9.89. The maximum Gasteiger partial charge on any atom is 0.232 e. The Labute approximate surface area is 178 Å². The Morgan fingerprint density at radius 1 is 1.13 bits per heavy atom. The number of carbonyl (C=O) groups excluding carboxylic acids is 3. The smallest absolute Gasteiger partial charge is 0.232 e. The highest BCUT2D eigenvalue weighted by atomic mass is 16.5. The molecule has 3 heterocycles. The van der Waals surface area contributed by atoms with E-state index in [9.17, 15) is 14.4 Å². The quantitative estimate of drug-likeness (QED) is 0.564. The van der Waals surface area contributed by atoms with Crippen LogP contribution >= 0.6 is 0 Å². The minimum absolute atomic E-state index is 0.0622. The summed E-state index contributed by atoms with van der Waals surface area (Å²) in [5.74, 6) is -0.906. The highest BCUT2D eigenvalue weighted by Gasteiger charge is 2.35. The minimum atomic E-state index is -0.822. The third kappa shape index (κ3) is 4.56. The number of nitrogens with two attached hydrogens (primary N) is 1. The maximum atomic E-state index is 13.0. The number of rotatable bonds is 4. The maximum absolute atomic E-state index is 13.0. The summed E-state index contributed by atoms with van der Waals surface area (Å²) in [5, 5.41) is 8.15. The monoisotopic (exact) mass is 425 g/mol. The van der Waals surface area contributed by atoms with Crippen LogP contribution in [0.2, 0.25) is 0 Å². The van der Waals surface area contributed by atoms with Gasteiger partial charge in [-0.2, -0.15) is 9.97 Å². The lowest BCUT2D eigenvalue weighted by Crippen LogP contribution is -2.38. The summed E-state index contributed by atoms with van der Waals surface area (Å²) in [5.41, 5.74) is 7.74. The van der Waals surface area contributed by atoms with Crippen molar-refractivity contribution in [3.8, 4) is 0 Å². The molecule has 0 spiro atoms. The van der Waals surface area contributed by atoms with Gasteiger partial charge in [0, 0.05) is 37.8 Å². The van der Waals surface area contributed by atoms with Gasteiger partial charge in [-0.3, -0.25) is 14.4 Å². The van der Waals surface area contributed by atoms with Gasteiger partial charge in [-0.25, -0.2) is 0 Å². The van der Waals surface area contributed by atoms with Crippen molar-refractivity contribution in [1.29, 1.82) is 0 Å². The van der Waals surface area contributed by atoms with Crippen molar-refractivity contribution in [3.63, 3.8) is 0 Å². The predicted octanol–water partition coefficient (Wildman–Crippen LogP) is 0.918. The summed E-state index contributed by atoms with van der Waals surface area (Å²) in [4.78, 5) is 47.1. The summed E-state index contributed by atoms with van der Waals surface area (Å²) >= 11 is 0. The molecule has 1 unspecified atom stereocenters. The molecule has 1 aromatic carbocycles. The van der Waals surface area contributed by atoms with Gasteiger partial charge in [-0.05, 0) is 24.3 Å². The number of benzene rings is 1. The number of nitrogens with one attached hydrogen (secondary N) is 3. The van der Waals surface area contributed by atoms with Gasteiger partial charge in [0.05, 0.1) is 24.7 Å². The molecular weight excluding hydrogens is 402 g/mol. The number of aromatic nitrogens is 2. The number of ether oxygens (including phenoxy) is 1. The molecule has 2 aliphatic rings. The Hall–Kier alpha value is -3.73. The molecular formula is C20H23N7O4. The van der Waals surface area contributed by atoms with Crippen molar-refractivity contribution in [2.24, 2.45) is 0 Å². The lowest BCUT2D eigenvalue weighted by molar-refractivity contribution is -0.123. The molecule has 0 radical (unpaired) electrons. The van der Waals surface area contributed by atoms with E-state index in [0.717, 1.165) is 0 Å². The number of amides is 3. The van der Waals surface area contributed by atoms with Crippen LogP contribution in [0, 0.1) is 0 Å². The van der Waals surface area contributed by atoms with Gasteiger partial charge in [0.1, 0.15) is 11.6 Å². The van der Waals surface area contributed by atoms with Crippen LogP contribution in [0.4, 0.5) is 29.0 Å². The normalized spacial score (nSPS) is 18.0. The molecule has 0 bridgehead atoms. The average Bonchev–Trinajstić information content (AvgIpc) is 2.74. The Bertz CT molecular complexity index is 1020. The van der Waals surface area contributed by atoms with Crippen molar-refractivity contribution >= 4 is 46.7 Å². The number of hydrogen-bond acceptors (Lipinski definition) is 8. The molecule has 0 aliphatic carbocycles. The minimum Gasteiger partial charge on any atom is -0.383 e. The van der Waals surface area contributed by atoms with Crippen molar-refractivity contribution in [2.45, 2.75) is 19.3 Å². The third-order valence-electron chi connectivity index (χ3n) is 5.04. The standard InChI is InChI=1S/C20H23N7O4/c1-11(28)22-12-2-4-13(5-3-12)23-19(30)14-10-15(29)24-18-16(14)17(21)25-20(26-18)27-6-8-31-9-7-27/h2-5,14H,6-10H2,1H3,(H,22,28)(H,23,30)(H3,21,24,25,26,29). The first kappa shape index (κ1) is 20.5. The fraction of sp³-hybridized carbons (Fsp3) is 0.350. The average molecular weight is 425 g/mol. The molecule has 1 fully saturated rings. The molecule has 11 nitrogen and oxygen atoms in total. The molecule has 31 heavy (non-hydrogen) atoms. The van der Waals surface area contributed by atoms with Gasteiger partial charge in [-0.1, -0.05) is 0 Å². The molecule has 4 rings (SSSR count). The second-order valence-corrected chi connectivity index (χ2v) is 7.32. The Kier molecular flexibility index (Phi) is 5.67. The molecule has 3 amide bonds. The lowest BCUT2D eigenvalue weighted by Gasteiger charge is -2.30. The second-order valence-electron chi connectivity index (χ2n) is 7.32. The second kappa shape index (κ2) is 8.56. The molecule has 162 valence electrons. The van der Waals surface area contributed by atoms with Crippen LogP contribution in [0.15, 0.2) is 24.3 Å². The summed E-state index contributed by atoms with van der Waals surface area (Å²) < 4.78 is 5.34. The highest BCUT2D eigenvalue weighted by Crippen LogP contribution is 2.36. The van der Waals surface area contributed by atoms with E-state index in [1.807, 2.05) is 4.90 Å². The molecule has 2 aromatic rings. The van der Waals surface area contributed by atoms with Crippen molar-refractivity contribution in [3.05, 3.63) is 29.8 Å². The highest BCUT2D eigenvalue weighted by molar-refractivity contribution is 6.05. The lowest BCUT2D eigenvalue weighted by atomic mass is 9.92.